The van der Waals surface area contributed by atoms with Gasteiger partial charge in [0.1, 0.15) is 11.6 Å². The molecule has 0 aliphatic rings. The van der Waals surface area contributed by atoms with Gasteiger partial charge in [-0.3, -0.25) is 4.79 Å². The number of para-hydroxylation sites is 1. The summed E-state index contributed by atoms with van der Waals surface area (Å²) in [6, 6.07) is 13.7. The number of benzene rings is 2. The van der Waals surface area contributed by atoms with Crippen LogP contribution in [0, 0.1) is 39.0 Å². The molecule has 23 heavy (non-hydrogen) atoms. The maximum Gasteiger partial charge on any atom is 0.266 e. The second kappa shape index (κ2) is 6.93. The molecule has 0 spiro atoms. The summed E-state index contributed by atoms with van der Waals surface area (Å²) >= 11 is 0. The van der Waals surface area contributed by atoms with Crippen LogP contribution in [0.5, 0.6) is 0 Å². The van der Waals surface area contributed by atoms with Gasteiger partial charge < -0.3 is 5.32 Å². The lowest BCUT2D eigenvalue weighted by atomic mass is 10.0. The molecule has 0 aromatic heterocycles. The Morgan fingerprint density at radius 2 is 1.65 bits per heavy atom. The molecule has 0 aliphatic carbocycles. The first-order valence-electron chi connectivity index (χ1n) is 7.49. The topological polar surface area (TPSA) is 52.9 Å². The van der Waals surface area contributed by atoms with E-state index in [2.05, 4.69) is 5.32 Å². The van der Waals surface area contributed by atoms with Gasteiger partial charge in [0.2, 0.25) is 0 Å². The molecule has 0 unspecified atom stereocenters. The molecule has 0 radical (unpaired) electrons. The Morgan fingerprint density at radius 3 is 2.22 bits per heavy atom. The number of hydrogen-bond donors (Lipinski definition) is 1. The SMILES string of the molecule is Cc1ccc(/C=C(\C#N)C(=O)Nc2c(C)cccc2C)cc1C. The van der Waals surface area contributed by atoms with Crippen molar-refractivity contribution in [3.05, 3.63) is 69.8 Å². The molecule has 3 heteroatoms. The third kappa shape index (κ3) is 3.87. The first-order valence-corrected chi connectivity index (χ1v) is 7.49. The van der Waals surface area contributed by atoms with E-state index in [4.69, 9.17) is 0 Å². The molecular weight excluding hydrogens is 284 g/mol. The summed E-state index contributed by atoms with van der Waals surface area (Å²) in [5, 5.41) is 12.2. The maximum atomic E-state index is 12.4. The quantitative estimate of drug-likeness (QED) is 0.672. The fourth-order valence-electron chi connectivity index (χ4n) is 2.36. The third-order valence-corrected chi connectivity index (χ3v) is 3.93. The monoisotopic (exact) mass is 304 g/mol. The molecule has 2 aromatic carbocycles. The minimum atomic E-state index is -0.386. The molecule has 0 saturated carbocycles. The summed E-state index contributed by atoms with van der Waals surface area (Å²) < 4.78 is 0. The smallest absolute Gasteiger partial charge is 0.266 e. The number of nitrogens with one attached hydrogen (secondary N) is 1. The average molecular weight is 304 g/mol. The molecule has 0 atom stereocenters. The van der Waals surface area contributed by atoms with Crippen molar-refractivity contribution in [2.45, 2.75) is 27.7 Å². The van der Waals surface area contributed by atoms with Gasteiger partial charge >= 0.3 is 0 Å². The normalized spacial score (nSPS) is 11.0. The summed E-state index contributed by atoms with van der Waals surface area (Å²) in [7, 11) is 0. The highest BCUT2D eigenvalue weighted by molar-refractivity contribution is 6.10. The van der Waals surface area contributed by atoms with E-state index in [1.807, 2.05) is 70.2 Å². The van der Waals surface area contributed by atoms with Gasteiger partial charge in [-0.15, -0.1) is 0 Å². The number of aryl methyl sites for hydroxylation is 4. The average Bonchev–Trinajstić information content (AvgIpc) is 2.52. The lowest BCUT2D eigenvalue weighted by molar-refractivity contribution is -0.112. The van der Waals surface area contributed by atoms with Crippen molar-refractivity contribution in [3.63, 3.8) is 0 Å². The fourth-order valence-corrected chi connectivity index (χ4v) is 2.36. The Bertz CT molecular complexity index is 806. The van der Waals surface area contributed by atoms with Crippen LogP contribution in [-0.2, 0) is 4.79 Å². The Balaban J connectivity index is 2.30. The molecule has 0 aliphatic heterocycles. The Hall–Kier alpha value is -2.86. The van der Waals surface area contributed by atoms with E-state index in [1.165, 1.54) is 5.56 Å². The van der Waals surface area contributed by atoms with Crippen LogP contribution in [0.15, 0.2) is 42.0 Å². The van der Waals surface area contributed by atoms with Crippen LogP contribution < -0.4 is 5.32 Å². The first-order chi connectivity index (χ1) is 10.9. The molecular formula is C20H20N2O. The van der Waals surface area contributed by atoms with Gasteiger partial charge in [-0.25, -0.2) is 0 Å². The van der Waals surface area contributed by atoms with Crippen LogP contribution in [0.1, 0.15) is 27.8 Å². The van der Waals surface area contributed by atoms with E-state index in [9.17, 15) is 10.1 Å². The van der Waals surface area contributed by atoms with Crippen molar-refractivity contribution in [2.75, 3.05) is 5.32 Å². The van der Waals surface area contributed by atoms with Gasteiger partial charge in [-0.05, 0) is 61.6 Å². The summed E-state index contributed by atoms with van der Waals surface area (Å²) in [4.78, 5) is 12.4. The largest absolute Gasteiger partial charge is 0.321 e. The number of nitrogens with zero attached hydrogens (tertiary/aromatic N) is 1. The molecule has 3 nitrogen and oxygen atoms in total. The summed E-state index contributed by atoms with van der Waals surface area (Å²) in [5.41, 5.74) is 5.96. The highest BCUT2D eigenvalue weighted by Crippen LogP contribution is 2.20. The van der Waals surface area contributed by atoms with Crippen LogP contribution in [0.3, 0.4) is 0 Å². The molecule has 0 bridgehead atoms. The summed E-state index contributed by atoms with van der Waals surface area (Å²) in [6.45, 7) is 7.90. The van der Waals surface area contributed by atoms with Gasteiger partial charge in [0.15, 0.2) is 0 Å². The number of anilines is 1. The van der Waals surface area contributed by atoms with E-state index < -0.39 is 0 Å². The number of carbonyl (C=O) groups excluding carboxylic acids is 1. The van der Waals surface area contributed by atoms with Crippen molar-refractivity contribution in [1.82, 2.24) is 0 Å². The van der Waals surface area contributed by atoms with E-state index in [1.54, 1.807) is 6.08 Å². The molecule has 0 saturated heterocycles. The standard InChI is InChI=1S/C20H20N2O/c1-13-8-9-17(10-16(13)4)11-18(12-21)20(23)22-19-14(2)6-5-7-15(19)3/h5-11H,1-4H3,(H,22,23)/b18-11+. The number of amides is 1. The zero-order valence-corrected chi connectivity index (χ0v) is 13.9. The lowest BCUT2D eigenvalue weighted by Gasteiger charge is -2.11. The predicted octanol–water partition coefficient (Wildman–Crippen LogP) is 4.47. The number of rotatable bonds is 3. The van der Waals surface area contributed by atoms with Crippen LogP contribution in [0.2, 0.25) is 0 Å². The molecule has 0 fully saturated rings. The number of nitriles is 1. The van der Waals surface area contributed by atoms with E-state index in [0.717, 1.165) is 27.9 Å². The molecule has 1 N–H and O–H groups in total. The van der Waals surface area contributed by atoms with E-state index >= 15 is 0 Å². The first kappa shape index (κ1) is 16.5. The van der Waals surface area contributed by atoms with Gasteiger partial charge in [0.05, 0.1) is 0 Å². The van der Waals surface area contributed by atoms with Gasteiger partial charge in [0, 0.05) is 5.69 Å². The molecule has 2 aromatic rings. The van der Waals surface area contributed by atoms with Crippen LogP contribution in [0.4, 0.5) is 5.69 Å². The minimum Gasteiger partial charge on any atom is -0.321 e. The molecule has 2 rings (SSSR count). The van der Waals surface area contributed by atoms with Gasteiger partial charge in [-0.2, -0.15) is 5.26 Å². The van der Waals surface area contributed by atoms with Gasteiger partial charge in [0.25, 0.3) is 5.91 Å². The third-order valence-electron chi connectivity index (χ3n) is 3.93. The Labute approximate surface area is 137 Å². The maximum absolute atomic E-state index is 12.4. The van der Waals surface area contributed by atoms with Crippen LogP contribution >= 0.6 is 0 Å². The van der Waals surface area contributed by atoms with Crippen molar-refractivity contribution < 1.29 is 4.79 Å². The second-order valence-corrected chi connectivity index (χ2v) is 5.73. The second-order valence-electron chi connectivity index (χ2n) is 5.73. The highest BCUT2D eigenvalue weighted by Gasteiger charge is 2.12. The van der Waals surface area contributed by atoms with E-state index in [0.29, 0.717) is 0 Å². The Morgan fingerprint density at radius 1 is 1.00 bits per heavy atom. The van der Waals surface area contributed by atoms with E-state index in [-0.39, 0.29) is 11.5 Å². The minimum absolute atomic E-state index is 0.0934. The molecule has 0 heterocycles. The zero-order chi connectivity index (χ0) is 17.0. The molecule has 1 amide bonds. The number of carbonyl (C=O) groups is 1. The van der Waals surface area contributed by atoms with Crippen molar-refractivity contribution in [3.8, 4) is 6.07 Å². The Kier molecular flexibility index (Phi) is 4.98. The van der Waals surface area contributed by atoms with Gasteiger partial charge in [-0.1, -0.05) is 36.4 Å². The van der Waals surface area contributed by atoms with Crippen LogP contribution in [0.25, 0.3) is 6.08 Å². The summed E-state index contributed by atoms with van der Waals surface area (Å²) in [5.74, 6) is -0.386. The zero-order valence-electron chi connectivity index (χ0n) is 13.9. The predicted molar refractivity (Wildman–Crippen MR) is 94.1 cm³/mol. The lowest BCUT2D eigenvalue weighted by Crippen LogP contribution is -2.15. The number of hydrogen-bond acceptors (Lipinski definition) is 2. The summed E-state index contributed by atoms with van der Waals surface area (Å²) in [6.07, 6.45) is 1.62. The highest BCUT2D eigenvalue weighted by atomic mass is 16.1. The van der Waals surface area contributed by atoms with Crippen molar-refractivity contribution in [2.24, 2.45) is 0 Å². The van der Waals surface area contributed by atoms with Crippen molar-refractivity contribution in [1.29, 1.82) is 5.26 Å². The van der Waals surface area contributed by atoms with Crippen molar-refractivity contribution >= 4 is 17.7 Å². The fraction of sp³-hybridized carbons (Fsp3) is 0.200. The van der Waals surface area contributed by atoms with Crippen LogP contribution in [-0.4, -0.2) is 5.91 Å². The molecule has 116 valence electrons.